The van der Waals surface area contributed by atoms with Crippen molar-refractivity contribution in [2.45, 2.75) is 37.9 Å². The first-order valence-electron chi connectivity index (χ1n) is 11.4. The third-order valence-electron chi connectivity index (χ3n) is 6.29. The molecule has 0 unspecified atom stereocenters. The zero-order valence-corrected chi connectivity index (χ0v) is 19.7. The van der Waals surface area contributed by atoms with Gasteiger partial charge in [-0.05, 0) is 54.2 Å². The SMILES string of the molecule is CCc1cnc(N2CCC(c3nc4cc(-c5ccc(C[SH](=O)=O)cc5F)ccc4o3)CC2)nc1. The second kappa shape index (κ2) is 9.50. The fraction of sp³-hybridized carbons (Fsp3) is 0.320. The normalized spacial score (nSPS) is 14.9. The van der Waals surface area contributed by atoms with E-state index < -0.39 is 16.5 Å². The van der Waals surface area contributed by atoms with Crippen LogP contribution < -0.4 is 4.90 Å². The van der Waals surface area contributed by atoms with Gasteiger partial charge in [0.25, 0.3) is 0 Å². The molecule has 9 heteroatoms. The third kappa shape index (κ3) is 4.65. The number of halogens is 1. The standard InChI is InChI=1S/C25H25FN4O3S/c1-2-16-13-27-25(28-14-16)30-9-7-18(8-10-30)24-29-22-12-19(4-6-23(22)33-24)20-5-3-17(11-21(20)26)15-34(31)32/h3-6,11-14,18,34H,2,7-10,15H2,1H3. The van der Waals surface area contributed by atoms with E-state index in [0.29, 0.717) is 33.7 Å². The van der Waals surface area contributed by atoms with Crippen molar-refractivity contribution >= 4 is 27.8 Å². The Labute approximate surface area is 198 Å². The van der Waals surface area contributed by atoms with Crippen molar-refractivity contribution in [2.75, 3.05) is 18.0 Å². The van der Waals surface area contributed by atoms with Gasteiger partial charge in [0.05, 0.1) is 5.75 Å². The van der Waals surface area contributed by atoms with E-state index in [4.69, 9.17) is 9.40 Å². The van der Waals surface area contributed by atoms with E-state index in [1.54, 1.807) is 24.3 Å². The van der Waals surface area contributed by atoms with Crippen LogP contribution in [0, 0.1) is 5.82 Å². The van der Waals surface area contributed by atoms with E-state index in [9.17, 15) is 12.8 Å². The van der Waals surface area contributed by atoms with E-state index >= 15 is 0 Å². The molecule has 0 saturated carbocycles. The molecule has 0 spiro atoms. The van der Waals surface area contributed by atoms with Gasteiger partial charge in [-0.3, -0.25) is 0 Å². The van der Waals surface area contributed by atoms with E-state index in [0.717, 1.165) is 43.9 Å². The number of aromatic nitrogens is 3. The highest BCUT2D eigenvalue weighted by Gasteiger charge is 2.26. The highest BCUT2D eigenvalue weighted by molar-refractivity contribution is 7.71. The van der Waals surface area contributed by atoms with Gasteiger partial charge in [0, 0.05) is 37.0 Å². The van der Waals surface area contributed by atoms with Crippen LogP contribution in [0.2, 0.25) is 0 Å². The fourth-order valence-electron chi connectivity index (χ4n) is 4.35. The average molecular weight is 481 g/mol. The molecule has 1 fully saturated rings. The Balaban J connectivity index is 1.31. The number of aryl methyl sites for hydroxylation is 1. The Kier molecular flexibility index (Phi) is 6.28. The van der Waals surface area contributed by atoms with Gasteiger partial charge in [-0.2, -0.15) is 0 Å². The lowest BCUT2D eigenvalue weighted by molar-refractivity contribution is 0.405. The molecular formula is C25H25FN4O3S. The molecule has 1 aliphatic rings. The van der Waals surface area contributed by atoms with Gasteiger partial charge in [-0.15, -0.1) is 0 Å². The maximum Gasteiger partial charge on any atom is 0.225 e. The summed E-state index contributed by atoms with van der Waals surface area (Å²) in [5, 5.41) is 0. The van der Waals surface area contributed by atoms with Crippen LogP contribution in [0.3, 0.4) is 0 Å². The lowest BCUT2D eigenvalue weighted by Gasteiger charge is -2.30. The maximum atomic E-state index is 14.6. The number of hydrogen-bond acceptors (Lipinski definition) is 7. The van der Waals surface area contributed by atoms with E-state index in [1.165, 1.54) is 6.07 Å². The maximum absolute atomic E-state index is 14.6. The smallest absolute Gasteiger partial charge is 0.225 e. The monoisotopic (exact) mass is 480 g/mol. The minimum atomic E-state index is -2.60. The second-order valence-corrected chi connectivity index (χ2v) is 9.53. The zero-order valence-electron chi connectivity index (χ0n) is 18.8. The number of oxazole rings is 1. The lowest BCUT2D eigenvalue weighted by atomic mass is 9.97. The number of piperidine rings is 1. The summed E-state index contributed by atoms with van der Waals surface area (Å²) in [4.78, 5) is 15.9. The van der Waals surface area contributed by atoms with Gasteiger partial charge in [-0.1, -0.05) is 25.1 Å². The molecule has 1 aliphatic heterocycles. The summed E-state index contributed by atoms with van der Waals surface area (Å²) in [5.74, 6) is 1.02. The molecule has 7 nitrogen and oxygen atoms in total. The quantitative estimate of drug-likeness (QED) is 0.407. The largest absolute Gasteiger partial charge is 0.440 e. The third-order valence-corrected chi connectivity index (χ3v) is 6.91. The number of rotatable bonds is 6. The summed E-state index contributed by atoms with van der Waals surface area (Å²) in [6.45, 7) is 3.74. The molecule has 3 heterocycles. The number of nitrogens with zero attached hydrogens (tertiary/aromatic N) is 4. The fourth-order valence-corrected chi connectivity index (χ4v) is 4.84. The first-order chi connectivity index (χ1) is 16.5. The molecule has 2 aromatic carbocycles. The average Bonchev–Trinajstić information content (AvgIpc) is 3.27. The first-order valence-corrected chi connectivity index (χ1v) is 12.7. The van der Waals surface area contributed by atoms with Crippen LogP contribution in [0.1, 0.15) is 42.7 Å². The Morgan fingerprint density at radius 1 is 1.06 bits per heavy atom. The summed E-state index contributed by atoms with van der Waals surface area (Å²) in [7, 11) is -2.60. The van der Waals surface area contributed by atoms with Crippen LogP contribution in [-0.4, -0.2) is 36.5 Å². The van der Waals surface area contributed by atoms with Gasteiger partial charge in [0.15, 0.2) is 11.5 Å². The molecule has 34 heavy (non-hydrogen) atoms. The van der Waals surface area contributed by atoms with Gasteiger partial charge in [0.1, 0.15) is 22.0 Å². The van der Waals surface area contributed by atoms with Gasteiger partial charge in [-0.25, -0.2) is 27.8 Å². The Morgan fingerprint density at radius 3 is 2.50 bits per heavy atom. The highest BCUT2D eigenvalue weighted by Crippen LogP contribution is 2.33. The number of hydrogen-bond donors (Lipinski definition) is 1. The molecule has 0 N–H and O–H groups in total. The molecule has 0 atom stereocenters. The molecule has 4 aromatic rings. The minimum absolute atomic E-state index is 0.173. The number of fused-ring (bicyclic) bond motifs is 1. The number of benzene rings is 2. The molecule has 0 bridgehead atoms. The van der Waals surface area contributed by atoms with Gasteiger partial charge >= 0.3 is 0 Å². The Hall–Kier alpha value is -3.33. The Bertz CT molecular complexity index is 1390. The summed E-state index contributed by atoms with van der Waals surface area (Å²) in [6, 6.07) is 9.93. The van der Waals surface area contributed by atoms with Crippen molar-refractivity contribution in [1.82, 2.24) is 15.0 Å². The predicted octanol–water partition coefficient (Wildman–Crippen LogP) is 4.48. The molecule has 0 amide bonds. The molecular weight excluding hydrogens is 455 g/mol. The van der Waals surface area contributed by atoms with Crippen molar-refractivity contribution < 1.29 is 17.2 Å². The Morgan fingerprint density at radius 2 is 1.82 bits per heavy atom. The van der Waals surface area contributed by atoms with Crippen molar-refractivity contribution in [3.63, 3.8) is 0 Å². The van der Waals surface area contributed by atoms with E-state index in [-0.39, 0.29) is 11.7 Å². The van der Waals surface area contributed by atoms with Crippen LogP contribution in [0.5, 0.6) is 0 Å². The topological polar surface area (TPSA) is 89.2 Å². The van der Waals surface area contributed by atoms with Crippen LogP contribution in [-0.2, 0) is 22.9 Å². The second-order valence-electron chi connectivity index (χ2n) is 8.55. The molecule has 5 rings (SSSR count). The molecule has 2 aromatic heterocycles. The van der Waals surface area contributed by atoms with Gasteiger partial charge < -0.3 is 9.32 Å². The van der Waals surface area contributed by atoms with Crippen molar-refractivity contribution in [3.05, 3.63) is 71.6 Å². The molecule has 0 radical (unpaired) electrons. The first kappa shape index (κ1) is 22.5. The van der Waals surface area contributed by atoms with Crippen LogP contribution >= 0.6 is 0 Å². The number of thiol groups is 1. The molecule has 176 valence electrons. The van der Waals surface area contributed by atoms with Crippen molar-refractivity contribution in [2.24, 2.45) is 0 Å². The minimum Gasteiger partial charge on any atom is -0.440 e. The summed E-state index contributed by atoms with van der Waals surface area (Å²) >= 11 is 0. The zero-order chi connectivity index (χ0) is 23.7. The summed E-state index contributed by atoms with van der Waals surface area (Å²) in [6.07, 6.45) is 6.46. The van der Waals surface area contributed by atoms with Crippen LogP contribution in [0.4, 0.5) is 10.3 Å². The van der Waals surface area contributed by atoms with Crippen molar-refractivity contribution in [1.29, 1.82) is 0 Å². The lowest BCUT2D eigenvalue weighted by Crippen LogP contribution is -2.34. The number of anilines is 1. The summed E-state index contributed by atoms with van der Waals surface area (Å²) < 4.78 is 42.5. The predicted molar refractivity (Wildman–Crippen MR) is 129 cm³/mol. The highest BCUT2D eigenvalue weighted by atomic mass is 32.2. The van der Waals surface area contributed by atoms with E-state index in [1.807, 2.05) is 18.5 Å². The summed E-state index contributed by atoms with van der Waals surface area (Å²) in [5.41, 5.74) is 3.98. The van der Waals surface area contributed by atoms with Crippen molar-refractivity contribution in [3.8, 4) is 11.1 Å². The molecule has 0 aliphatic carbocycles. The van der Waals surface area contributed by atoms with Crippen LogP contribution in [0.25, 0.3) is 22.2 Å². The van der Waals surface area contributed by atoms with Crippen LogP contribution in [0.15, 0.2) is 53.2 Å². The molecule has 1 saturated heterocycles. The van der Waals surface area contributed by atoms with Gasteiger partial charge in [0.2, 0.25) is 5.95 Å². The van der Waals surface area contributed by atoms with E-state index in [2.05, 4.69) is 21.8 Å².